The molecule has 3 saturated heterocycles. The second kappa shape index (κ2) is 17.6. The van der Waals surface area contributed by atoms with Crippen LogP contribution >= 0.6 is 22.6 Å². The molecule has 0 spiro atoms. The standard InChI is InChI=1S/C40H60IN3O12/c1-21-16-38(6)33(23(3)40(51,56-38)24(4)34(48)55-37(41)39(7,50)32(47)25(5)43(8)18-21)54-36-31(46)30(14-22(2)53-36)44(9)19-28(45)20-52-35(49)27-15-26-12-10-11-13-29(26)42-17-27/h10-13,15,17,21-25,28,30-33,36-37,45-47,50-51H,14,16,18-20H2,1-9H3/t21-,22-,23-,24+,25-,28?,30+,31?,32-,33-,36+,37+,38+,39+,40?/m1/s1. The van der Waals surface area contributed by atoms with Crippen LogP contribution in [0.2, 0.25) is 0 Å². The van der Waals surface area contributed by atoms with Gasteiger partial charge in [-0.15, -0.1) is 0 Å². The Balaban J connectivity index is 1.30. The number of benzene rings is 1. The lowest BCUT2D eigenvalue weighted by Crippen LogP contribution is -2.58. The van der Waals surface area contributed by atoms with E-state index < -0.39 is 87.7 Å². The lowest BCUT2D eigenvalue weighted by molar-refractivity contribution is -0.287. The number of cyclic esters (lactones) is 1. The summed E-state index contributed by atoms with van der Waals surface area (Å²) in [6.45, 7) is 12.3. The maximum Gasteiger partial charge on any atom is 0.339 e. The smallest absolute Gasteiger partial charge is 0.339 e. The number of nitrogens with zero attached hydrogens (tertiary/aromatic N) is 3. The SMILES string of the molecule is C[C@H]1CN(C)[C@H](C)[C@@H](O)[C@](C)(O)[C@@H](I)OC(=O)[C@H](C)C2(O)O[C@@](C)(C1)[C@H](O[C@@H]1O[C@H](C)C[C@H](N(C)CC(O)COC(=O)c3cnc4ccccc4c3)C1O)[C@H]2C. The van der Waals surface area contributed by atoms with Crippen LogP contribution in [0.4, 0.5) is 0 Å². The second-order valence-corrected chi connectivity index (χ2v) is 18.0. The van der Waals surface area contributed by atoms with Crippen molar-refractivity contribution in [2.75, 3.05) is 33.8 Å². The monoisotopic (exact) mass is 901 g/mol. The summed E-state index contributed by atoms with van der Waals surface area (Å²) in [5.74, 6) is -5.68. The maximum atomic E-state index is 13.6. The maximum absolute atomic E-state index is 13.6. The Morgan fingerprint density at radius 2 is 1.82 bits per heavy atom. The Morgan fingerprint density at radius 1 is 1.14 bits per heavy atom. The average Bonchev–Trinajstić information content (AvgIpc) is 3.33. The molecular formula is C40H60IN3O12. The van der Waals surface area contributed by atoms with E-state index in [0.29, 0.717) is 19.4 Å². The fraction of sp³-hybridized carbons (Fsp3) is 0.725. The molecule has 314 valence electrons. The number of carbonyl (C=O) groups is 2. The number of pyridine rings is 1. The molecule has 0 radical (unpaired) electrons. The van der Waals surface area contributed by atoms with E-state index in [1.54, 1.807) is 54.5 Å². The molecule has 15 atom stereocenters. The van der Waals surface area contributed by atoms with E-state index in [1.165, 1.54) is 20.0 Å². The van der Waals surface area contributed by atoms with Crippen molar-refractivity contribution >= 4 is 45.4 Å². The minimum Gasteiger partial charge on any atom is -0.459 e. The minimum absolute atomic E-state index is 0.0628. The van der Waals surface area contributed by atoms with Crippen LogP contribution in [0.15, 0.2) is 36.5 Å². The van der Waals surface area contributed by atoms with Crippen LogP contribution < -0.4 is 0 Å². The van der Waals surface area contributed by atoms with Crippen LogP contribution in [-0.2, 0) is 28.5 Å². The van der Waals surface area contributed by atoms with Gasteiger partial charge in [-0.2, -0.15) is 0 Å². The van der Waals surface area contributed by atoms with Gasteiger partial charge in [0.2, 0.25) is 0 Å². The molecule has 3 unspecified atom stereocenters. The molecule has 1 aromatic heterocycles. The van der Waals surface area contributed by atoms with Crippen LogP contribution in [0.1, 0.15) is 71.7 Å². The number of esters is 2. The molecule has 5 N–H and O–H groups in total. The number of para-hydroxylation sites is 1. The van der Waals surface area contributed by atoms with Crippen molar-refractivity contribution in [1.82, 2.24) is 14.8 Å². The fourth-order valence-corrected chi connectivity index (χ4v) is 9.24. The zero-order chi connectivity index (χ0) is 41.5. The van der Waals surface area contributed by atoms with Gasteiger partial charge in [0, 0.05) is 42.7 Å². The van der Waals surface area contributed by atoms with Crippen molar-refractivity contribution in [3.63, 3.8) is 0 Å². The molecule has 1 aromatic carbocycles. The van der Waals surface area contributed by atoms with Crippen LogP contribution in [-0.4, -0.2) is 156 Å². The highest BCUT2D eigenvalue weighted by Crippen LogP contribution is 2.50. The summed E-state index contributed by atoms with van der Waals surface area (Å²) >= 11 is 1.78. The lowest BCUT2D eigenvalue weighted by Gasteiger charge is -2.45. The number of ether oxygens (including phenoxy) is 5. The molecule has 3 aliphatic rings. The highest BCUT2D eigenvalue weighted by Gasteiger charge is 2.64. The minimum atomic E-state index is -2.08. The Bertz CT molecular complexity index is 1690. The number of aliphatic hydroxyl groups excluding tert-OH is 3. The first kappa shape index (κ1) is 45.0. The van der Waals surface area contributed by atoms with Crippen LogP contribution in [0.5, 0.6) is 0 Å². The predicted octanol–water partition coefficient (Wildman–Crippen LogP) is 2.46. The zero-order valence-electron chi connectivity index (χ0n) is 33.7. The van der Waals surface area contributed by atoms with Gasteiger partial charge in [0.05, 0.1) is 28.9 Å². The summed E-state index contributed by atoms with van der Waals surface area (Å²) in [5.41, 5.74) is -1.98. The number of alkyl halides is 1. The van der Waals surface area contributed by atoms with E-state index in [2.05, 4.69) is 4.98 Å². The summed E-state index contributed by atoms with van der Waals surface area (Å²) < 4.78 is 29.3. The number of carbonyl (C=O) groups excluding carboxylic acids is 2. The van der Waals surface area contributed by atoms with Crippen LogP contribution in [0.3, 0.4) is 0 Å². The van der Waals surface area contributed by atoms with Crippen LogP contribution in [0.25, 0.3) is 10.9 Å². The average molecular weight is 902 g/mol. The van der Waals surface area contributed by atoms with E-state index >= 15 is 0 Å². The fourth-order valence-electron chi connectivity index (χ4n) is 8.62. The molecule has 16 heteroatoms. The zero-order valence-corrected chi connectivity index (χ0v) is 35.9. The molecule has 3 fully saturated rings. The predicted molar refractivity (Wildman–Crippen MR) is 213 cm³/mol. The molecule has 15 nitrogen and oxygen atoms in total. The van der Waals surface area contributed by atoms with Gasteiger partial charge in [0.25, 0.3) is 0 Å². The molecule has 2 aromatic rings. The molecule has 0 saturated carbocycles. The number of halogens is 1. The molecule has 3 aliphatic heterocycles. The largest absolute Gasteiger partial charge is 0.459 e. The summed E-state index contributed by atoms with van der Waals surface area (Å²) in [6.07, 6.45) is -3.78. The van der Waals surface area contributed by atoms with Crippen molar-refractivity contribution in [1.29, 1.82) is 0 Å². The van der Waals surface area contributed by atoms with E-state index in [4.69, 9.17) is 23.7 Å². The molecule has 2 bridgehead atoms. The van der Waals surface area contributed by atoms with E-state index in [-0.39, 0.29) is 30.7 Å². The highest BCUT2D eigenvalue weighted by molar-refractivity contribution is 14.1. The van der Waals surface area contributed by atoms with E-state index in [1.807, 2.05) is 57.0 Å². The molecule has 56 heavy (non-hydrogen) atoms. The summed E-state index contributed by atoms with van der Waals surface area (Å²) in [6, 6.07) is 8.04. The van der Waals surface area contributed by atoms with Gasteiger partial charge in [0.15, 0.2) is 16.2 Å². The second-order valence-electron chi connectivity index (χ2n) is 16.9. The lowest BCUT2D eigenvalue weighted by atomic mass is 9.80. The third-order valence-electron chi connectivity index (χ3n) is 12.1. The van der Waals surface area contributed by atoms with Gasteiger partial charge in [0.1, 0.15) is 36.4 Å². The first-order valence-corrected chi connectivity index (χ1v) is 20.6. The normalized spacial score (nSPS) is 40.9. The number of aromatic nitrogens is 1. The quantitative estimate of drug-likeness (QED) is 0.147. The van der Waals surface area contributed by atoms with E-state index in [0.717, 1.165) is 10.9 Å². The number of aliphatic hydroxyl groups is 5. The van der Waals surface area contributed by atoms with Crippen molar-refractivity contribution < 1.29 is 58.8 Å². The molecule has 4 heterocycles. The van der Waals surface area contributed by atoms with Gasteiger partial charge in [-0.1, -0.05) is 32.0 Å². The molecule has 0 aliphatic carbocycles. The van der Waals surface area contributed by atoms with Gasteiger partial charge in [-0.05, 0) is 102 Å². The summed E-state index contributed by atoms with van der Waals surface area (Å²) in [7, 11) is 3.58. The molecule has 0 amide bonds. The molecular weight excluding hydrogens is 841 g/mol. The van der Waals surface area contributed by atoms with Crippen molar-refractivity contribution in [2.45, 2.75) is 131 Å². The Kier molecular flexibility index (Phi) is 14.2. The van der Waals surface area contributed by atoms with Crippen molar-refractivity contribution in [2.24, 2.45) is 17.8 Å². The number of rotatable bonds is 8. The van der Waals surface area contributed by atoms with Gasteiger partial charge >= 0.3 is 11.9 Å². The number of hydrogen-bond donors (Lipinski definition) is 5. The van der Waals surface area contributed by atoms with Gasteiger partial charge in [-0.25, -0.2) is 4.79 Å². The third-order valence-corrected chi connectivity index (χ3v) is 13.6. The third kappa shape index (κ3) is 9.35. The number of likely N-dealkylation sites (N-methyl/N-ethyl adjacent to an activating group) is 2. The Morgan fingerprint density at radius 3 is 2.52 bits per heavy atom. The summed E-state index contributed by atoms with van der Waals surface area (Å²) in [5, 5.41) is 58.2. The number of hydrogen-bond acceptors (Lipinski definition) is 15. The van der Waals surface area contributed by atoms with Crippen molar-refractivity contribution in [3.8, 4) is 0 Å². The Hall–Kier alpha value is -2.10. The summed E-state index contributed by atoms with van der Waals surface area (Å²) in [4.78, 5) is 34.4. The van der Waals surface area contributed by atoms with Gasteiger partial charge < -0.3 is 54.1 Å². The first-order valence-electron chi connectivity index (χ1n) is 19.4. The van der Waals surface area contributed by atoms with Gasteiger partial charge in [-0.3, -0.25) is 14.7 Å². The van der Waals surface area contributed by atoms with Crippen LogP contribution in [0, 0.1) is 17.8 Å². The molecule has 5 rings (SSSR count). The van der Waals surface area contributed by atoms with Crippen molar-refractivity contribution in [3.05, 3.63) is 42.1 Å². The topological polar surface area (TPSA) is 201 Å². The number of fused-ring (bicyclic) bond motifs is 3. The first-order chi connectivity index (χ1) is 26.1. The Labute approximate surface area is 342 Å². The van der Waals surface area contributed by atoms with E-state index in [9.17, 15) is 35.1 Å². The highest BCUT2D eigenvalue weighted by atomic mass is 127.